The first-order valence-electron chi connectivity index (χ1n) is 11.5. The normalized spacial score (nSPS) is 14.1. The second kappa shape index (κ2) is 10.0. The predicted octanol–water partition coefficient (Wildman–Crippen LogP) is 2.07. The molecule has 0 unspecified atom stereocenters. The fourth-order valence-electron chi connectivity index (χ4n) is 4.00. The van der Waals surface area contributed by atoms with Crippen LogP contribution in [0.5, 0.6) is 0 Å². The van der Waals surface area contributed by atoms with Crippen molar-refractivity contribution in [3.63, 3.8) is 0 Å². The van der Waals surface area contributed by atoms with Crippen molar-refractivity contribution in [2.45, 2.75) is 26.6 Å². The van der Waals surface area contributed by atoms with Crippen LogP contribution in [0.1, 0.15) is 34.1 Å². The molecule has 1 aromatic heterocycles. The van der Waals surface area contributed by atoms with Crippen LogP contribution in [-0.4, -0.2) is 62.1 Å². The number of hydrogen-bond acceptors (Lipinski definition) is 5. The number of carbonyl (C=O) groups is 2. The minimum atomic E-state index is -4.53. The Hall–Kier alpha value is -4.22. The highest BCUT2D eigenvalue weighted by Gasteiger charge is 2.31. The maximum absolute atomic E-state index is 13.3. The molecule has 0 radical (unpaired) electrons. The fraction of sp³-hybridized carbons (Fsp3) is 0.320. The third kappa shape index (κ3) is 5.47. The first-order chi connectivity index (χ1) is 17.5. The van der Waals surface area contributed by atoms with Crippen LogP contribution in [0.2, 0.25) is 0 Å². The van der Waals surface area contributed by atoms with Crippen LogP contribution in [0.25, 0.3) is 5.69 Å². The SMILES string of the molecule is CC(=O)N1CCN(C(=O)c2nn(-c3ccc(C)cc3)c(=O)n(Cc3ccc(C(F)(F)F)cc3)c2=O)CC1. The standard InChI is InChI=1S/C25H24F3N5O4/c1-16-3-9-20(10-4-16)33-24(37)32(15-18-5-7-19(8-6-18)25(26,27)28)23(36)21(29-33)22(35)31-13-11-30(12-14-31)17(2)34/h3-10H,11-15H2,1-2H3. The number of nitrogens with zero attached hydrogens (tertiary/aromatic N) is 5. The van der Waals surface area contributed by atoms with Crippen molar-refractivity contribution in [2.24, 2.45) is 0 Å². The van der Waals surface area contributed by atoms with E-state index in [-0.39, 0.29) is 31.1 Å². The number of carbonyl (C=O) groups excluding carboxylic acids is 2. The van der Waals surface area contributed by atoms with Crippen LogP contribution in [0.4, 0.5) is 13.2 Å². The van der Waals surface area contributed by atoms with E-state index in [0.29, 0.717) is 18.8 Å². The third-order valence-corrected chi connectivity index (χ3v) is 6.18. The summed E-state index contributed by atoms with van der Waals surface area (Å²) in [6.07, 6.45) is -4.53. The molecule has 1 aliphatic rings. The molecule has 0 N–H and O–H groups in total. The summed E-state index contributed by atoms with van der Waals surface area (Å²) in [5.74, 6) is -0.827. The van der Waals surface area contributed by atoms with E-state index in [1.165, 1.54) is 24.0 Å². The Morgan fingerprint density at radius 3 is 2.00 bits per heavy atom. The van der Waals surface area contributed by atoms with Crippen LogP contribution >= 0.6 is 0 Å². The average molecular weight is 515 g/mol. The number of halogens is 3. The van der Waals surface area contributed by atoms with Gasteiger partial charge in [0.15, 0.2) is 0 Å². The Balaban J connectivity index is 1.76. The molecular weight excluding hydrogens is 491 g/mol. The van der Waals surface area contributed by atoms with Crippen LogP contribution in [0, 0.1) is 6.92 Å². The first-order valence-corrected chi connectivity index (χ1v) is 11.5. The van der Waals surface area contributed by atoms with E-state index in [1.807, 2.05) is 6.92 Å². The average Bonchev–Trinajstić information content (AvgIpc) is 2.87. The molecule has 4 rings (SSSR count). The molecule has 194 valence electrons. The summed E-state index contributed by atoms with van der Waals surface area (Å²) >= 11 is 0. The number of piperazine rings is 1. The molecule has 0 spiro atoms. The van der Waals surface area contributed by atoms with Gasteiger partial charge in [0.1, 0.15) is 0 Å². The monoisotopic (exact) mass is 515 g/mol. The number of hydrogen-bond donors (Lipinski definition) is 0. The van der Waals surface area contributed by atoms with Gasteiger partial charge in [0.2, 0.25) is 11.6 Å². The summed E-state index contributed by atoms with van der Waals surface area (Å²) in [4.78, 5) is 54.5. The summed E-state index contributed by atoms with van der Waals surface area (Å²) < 4.78 is 40.6. The molecule has 9 nitrogen and oxygen atoms in total. The van der Waals surface area contributed by atoms with Gasteiger partial charge in [0, 0.05) is 33.1 Å². The highest BCUT2D eigenvalue weighted by Crippen LogP contribution is 2.29. The molecule has 2 heterocycles. The van der Waals surface area contributed by atoms with Crippen molar-refractivity contribution in [1.82, 2.24) is 24.1 Å². The van der Waals surface area contributed by atoms with Gasteiger partial charge in [-0.25, -0.2) is 4.79 Å². The number of benzene rings is 2. The van der Waals surface area contributed by atoms with Crippen LogP contribution in [-0.2, 0) is 17.5 Å². The Kier molecular flexibility index (Phi) is 7.01. The maximum Gasteiger partial charge on any atom is 0.416 e. The van der Waals surface area contributed by atoms with Crippen molar-refractivity contribution in [3.8, 4) is 5.69 Å². The van der Waals surface area contributed by atoms with Crippen LogP contribution < -0.4 is 11.2 Å². The van der Waals surface area contributed by atoms with Crippen molar-refractivity contribution in [2.75, 3.05) is 26.2 Å². The molecule has 3 aromatic rings. The zero-order chi connectivity index (χ0) is 26.9. The molecule has 0 atom stereocenters. The van der Waals surface area contributed by atoms with Crippen molar-refractivity contribution in [1.29, 1.82) is 0 Å². The van der Waals surface area contributed by atoms with Gasteiger partial charge in [-0.05, 0) is 36.8 Å². The van der Waals surface area contributed by atoms with Crippen molar-refractivity contribution < 1.29 is 22.8 Å². The molecule has 0 aliphatic carbocycles. The van der Waals surface area contributed by atoms with E-state index >= 15 is 0 Å². The van der Waals surface area contributed by atoms with Crippen molar-refractivity contribution in [3.05, 3.63) is 91.8 Å². The molecule has 0 saturated carbocycles. The van der Waals surface area contributed by atoms with Gasteiger partial charge in [0.25, 0.3) is 11.5 Å². The zero-order valence-electron chi connectivity index (χ0n) is 20.2. The number of alkyl halides is 3. The molecule has 0 bridgehead atoms. The van der Waals surface area contributed by atoms with Crippen LogP contribution in [0.3, 0.4) is 0 Å². The van der Waals surface area contributed by atoms with Gasteiger partial charge < -0.3 is 9.80 Å². The summed E-state index contributed by atoms with van der Waals surface area (Å²) in [6.45, 7) is 3.86. The minimum absolute atomic E-state index is 0.128. The van der Waals surface area contributed by atoms with E-state index < -0.39 is 34.6 Å². The second-order valence-electron chi connectivity index (χ2n) is 8.76. The Bertz CT molecular complexity index is 1440. The molecule has 1 saturated heterocycles. The summed E-state index contributed by atoms with van der Waals surface area (Å²) in [6, 6.07) is 10.8. The largest absolute Gasteiger partial charge is 0.416 e. The van der Waals surface area contributed by atoms with Gasteiger partial charge in [-0.15, -0.1) is 0 Å². The predicted molar refractivity (Wildman–Crippen MR) is 128 cm³/mol. The minimum Gasteiger partial charge on any atom is -0.339 e. The Labute approximate surface area is 209 Å². The van der Waals surface area contributed by atoms with E-state index in [2.05, 4.69) is 5.10 Å². The van der Waals surface area contributed by atoms with Gasteiger partial charge in [-0.1, -0.05) is 29.8 Å². The van der Waals surface area contributed by atoms with Gasteiger partial charge in [0.05, 0.1) is 17.8 Å². The highest BCUT2D eigenvalue weighted by molar-refractivity contribution is 5.92. The quantitative estimate of drug-likeness (QED) is 0.530. The summed E-state index contributed by atoms with van der Waals surface area (Å²) in [7, 11) is 0. The Morgan fingerprint density at radius 1 is 0.892 bits per heavy atom. The number of aromatic nitrogens is 3. The molecule has 2 amide bonds. The van der Waals surface area contributed by atoms with E-state index in [1.54, 1.807) is 29.2 Å². The third-order valence-electron chi connectivity index (χ3n) is 6.18. The lowest BCUT2D eigenvalue weighted by Gasteiger charge is -2.33. The molecule has 1 fully saturated rings. The topological polar surface area (TPSA) is 97.5 Å². The van der Waals surface area contributed by atoms with Gasteiger partial charge in [-0.2, -0.15) is 23.0 Å². The Morgan fingerprint density at radius 2 is 1.46 bits per heavy atom. The lowest BCUT2D eigenvalue weighted by molar-refractivity contribution is -0.137. The molecule has 1 aliphatic heterocycles. The second-order valence-corrected chi connectivity index (χ2v) is 8.76. The first kappa shape index (κ1) is 25.9. The summed E-state index contributed by atoms with van der Waals surface area (Å²) in [5, 5.41) is 4.10. The fourth-order valence-corrected chi connectivity index (χ4v) is 4.00. The zero-order valence-corrected chi connectivity index (χ0v) is 20.2. The van der Waals surface area contributed by atoms with Crippen LogP contribution in [0.15, 0.2) is 58.1 Å². The van der Waals surface area contributed by atoms with E-state index in [9.17, 15) is 32.3 Å². The van der Waals surface area contributed by atoms with Crippen molar-refractivity contribution >= 4 is 11.8 Å². The molecule has 2 aromatic carbocycles. The number of rotatable bonds is 4. The molecular formula is C25H24F3N5O4. The molecule has 37 heavy (non-hydrogen) atoms. The van der Waals surface area contributed by atoms with E-state index in [0.717, 1.165) is 26.9 Å². The summed E-state index contributed by atoms with van der Waals surface area (Å²) in [5.41, 5.74) is -1.66. The smallest absolute Gasteiger partial charge is 0.339 e. The maximum atomic E-state index is 13.3. The lowest BCUT2D eigenvalue weighted by Crippen LogP contribution is -2.52. The number of aryl methyl sites for hydroxylation is 1. The van der Waals surface area contributed by atoms with Gasteiger partial charge in [-0.3, -0.25) is 19.0 Å². The number of amides is 2. The highest BCUT2D eigenvalue weighted by atomic mass is 19.4. The molecule has 12 heteroatoms. The lowest BCUT2D eigenvalue weighted by atomic mass is 10.1. The van der Waals surface area contributed by atoms with E-state index in [4.69, 9.17) is 0 Å². The van der Waals surface area contributed by atoms with Gasteiger partial charge >= 0.3 is 11.9 Å².